The van der Waals surface area contributed by atoms with Gasteiger partial charge in [-0.05, 0) is 43.4 Å². The predicted octanol–water partition coefficient (Wildman–Crippen LogP) is 1.43. The van der Waals surface area contributed by atoms with Crippen molar-refractivity contribution in [3.63, 3.8) is 0 Å². The molecule has 2 amide bonds. The Bertz CT molecular complexity index is 766. The molecule has 29 heavy (non-hydrogen) atoms. The zero-order chi connectivity index (χ0) is 20.4. The van der Waals surface area contributed by atoms with E-state index in [0.29, 0.717) is 24.6 Å². The number of methoxy groups -OCH3 is 2. The minimum atomic E-state index is -0.774. The van der Waals surface area contributed by atoms with Crippen LogP contribution in [0.25, 0.3) is 0 Å². The summed E-state index contributed by atoms with van der Waals surface area (Å²) in [6.07, 6.45) is 3.08. The third-order valence-electron chi connectivity index (χ3n) is 6.19. The molecule has 4 rings (SSSR count). The maximum atomic E-state index is 13.3. The molecule has 0 unspecified atom stereocenters. The quantitative estimate of drug-likeness (QED) is 0.817. The van der Waals surface area contributed by atoms with Crippen molar-refractivity contribution in [2.45, 2.75) is 43.4 Å². The Balaban J connectivity index is 1.52. The third kappa shape index (κ3) is 3.91. The number of likely N-dealkylation sites (tertiary alicyclic amines) is 1. The average molecular weight is 404 g/mol. The van der Waals surface area contributed by atoms with E-state index in [1.807, 2.05) is 11.0 Å². The number of piperidine rings is 1. The van der Waals surface area contributed by atoms with Crippen LogP contribution in [-0.2, 0) is 19.1 Å². The van der Waals surface area contributed by atoms with E-state index in [9.17, 15) is 9.59 Å². The van der Waals surface area contributed by atoms with Crippen LogP contribution in [0, 0.1) is 0 Å². The van der Waals surface area contributed by atoms with Crippen LogP contribution in [-0.4, -0.2) is 68.9 Å². The third-order valence-corrected chi connectivity index (χ3v) is 6.19. The highest BCUT2D eigenvalue weighted by Crippen LogP contribution is 2.37. The van der Waals surface area contributed by atoms with Gasteiger partial charge in [-0.1, -0.05) is 6.07 Å². The van der Waals surface area contributed by atoms with E-state index in [0.717, 1.165) is 37.9 Å². The molecule has 3 heterocycles. The Kier molecular flexibility index (Phi) is 5.65. The average Bonchev–Trinajstić information content (AvgIpc) is 3.21. The second-order valence-electron chi connectivity index (χ2n) is 7.85. The minimum absolute atomic E-state index is 0.0544. The number of rotatable bonds is 4. The van der Waals surface area contributed by atoms with Crippen LogP contribution in [0.4, 0.5) is 0 Å². The number of carbonyl (C=O) groups is 2. The van der Waals surface area contributed by atoms with E-state index in [-0.39, 0.29) is 24.0 Å². The number of ether oxygens (including phenoxy) is 4. The zero-order valence-electron chi connectivity index (χ0n) is 16.9. The fraction of sp³-hybridized carbons (Fsp3) is 0.619. The lowest BCUT2D eigenvalue weighted by Crippen LogP contribution is -2.56. The molecule has 8 heteroatoms. The van der Waals surface area contributed by atoms with E-state index in [1.165, 1.54) is 0 Å². The maximum Gasteiger partial charge on any atom is 0.254 e. The Morgan fingerprint density at radius 1 is 1.17 bits per heavy atom. The first-order valence-electron chi connectivity index (χ1n) is 10.1. The van der Waals surface area contributed by atoms with Crippen LogP contribution in [0.2, 0.25) is 0 Å². The summed E-state index contributed by atoms with van der Waals surface area (Å²) in [4.78, 5) is 27.1. The summed E-state index contributed by atoms with van der Waals surface area (Å²) in [5.74, 6) is 0.776. The van der Waals surface area contributed by atoms with Crippen LogP contribution in [0.5, 0.6) is 11.5 Å². The molecule has 3 fully saturated rings. The highest BCUT2D eigenvalue weighted by molar-refractivity contribution is 5.86. The van der Waals surface area contributed by atoms with Crippen LogP contribution < -0.4 is 14.8 Å². The smallest absolute Gasteiger partial charge is 0.254 e. The molecule has 1 aromatic carbocycles. The van der Waals surface area contributed by atoms with Gasteiger partial charge < -0.3 is 29.2 Å². The van der Waals surface area contributed by atoms with Gasteiger partial charge in [0, 0.05) is 19.7 Å². The Morgan fingerprint density at radius 2 is 1.93 bits per heavy atom. The molecule has 2 atom stereocenters. The molecule has 1 spiro atoms. The Morgan fingerprint density at radius 3 is 2.59 bits per heavy atom. The number of nitrogens with one attached hydrogen (secondary N) is 1. The lowest BCUT2D eigenvalue weighted by atomic mass is 9.88. The summed E-state index contributed by atoms with van der Waals surface area (Å²) in [6.45, 7) is 1.98. The lowest BCUT2D eigenvalue weighted by molar-refractivity contribution is -0.158. The molecule has 1 N–H and O–H groups in total. The monoisotopic (exact) mass is 404 g/mol. The molecule has 0 radical (unpaired) electrons. The molecule has 0 bridgehead atoms. The van der Waals surface area contributed by atoms with Gasteiger partial charge in [-0.25, -0.2) is 0 Å². The molecular weight excluding hydrogens is 376 g/mol. The molecule has 158 valence electrons. The highest BCUT2D eigenvalue weighted by Gasteiger charge is 2.43. The van der Waals surface area contributed by atoms with Crippen molar-refractivity contribution in [3.05, 3.63) is 23.8 Å². The number of benzene rings is 1. The summed E-state index contributed by atoms with van der Waals surface area (Å²) in [5.41, 5.74) is 0.683. The Hall–Kier alpha value is -2.32. The van der Waals surface area contributed by atoms with E-state index < -0.39 is 12.1 Å². The van der Waals surface area contributed by atoms with Gasteiger partial charge in [0.25, 0.3) is 5.91 Å². The largest absolute Gasteiger partial charge is 0.493 e. The summed E-state index contributed by atoms with van der Waals surface area (Å²) < 4.78 is 22.3. The van der Waals surface area contributed by atoms with Crippen molar-refractivity contribution < 1.29 is 28.5 Å². The molecule has 3 aliphatic heterocycles. The fourth-order valence-electron chi connectivity index (χ4n) is 4.53. The van der Waals surface area contributed by atoms with Crippen molar-refractivity contribution >= 4 is 11.8 Å². The van der Waals surface area contributed by atoms with Gasteiger partial charge in [0.15, 0.2) is 17.6 Å². The van der Waals surface area contributed by atoms with Gasteiger partial charge in [0.2, 0.25) is 5.91 Å². The topological polar surface area (TPSA) is 86.3 Å². The van der Waals surface area contributed by atoms with Gasteiger partial charge in [-0.15, -0.1) is 0 Å². The summed E-state index contributed by atoms with van der Waals surface area (Å²) in [6, 6.07) is 4.77. The predicted molar refractivity (Wildman–Crippen MR) is 104 cm³/mol. The van der Waals surface area contributed by atoms with E-state index >= 15 is 0 Å². The summed E-state index contributed by atoms with van der Waals surface area (Å²) >= 11 is 0. The fourth-order valence-corrected chi connectivity index (χ4v) is 4.53. The second-order valence-corrected chi connectivity index (χ2v) is 7.85. The normalized spacial score (nSPS) is 26.3. The molecule has 3 saturated heterocycles. The number of morpholine rings is 1. The molecular formula is C21H28N2O6. The SMILES string of the molecule is COc1ccc([C@H]2NC(=O)CO[C@@H]2C(=O)N2CCC3(CCCO3)CC2)cc1OC. The standard InChI is InChI=1S/C21H28N2O6/c1-26-15-5-4-14(12-16(15)27-2)18-19(28-13-17(24)22-18)20(25)23-9-7-21(8-10-23)6-3-11-29-21/h4-5,12,18-19H,3,6-11,13H2,1-2H3,(H,22,24)/t18-,19+/m1/s1. The van der Waals surface area contributed by atoms with Gasteiger partial charge in [0.1, 0.15) is 6.61 Å². The van der Waals surface area contributed by atoms with Crippen molar-refractivity contribution in [1.82, 2.24) is 10.2 Å². The van der Waals surface area contributed by atoms with Gasteiger partial charge in [0.05, 0.1) is 25.9 Å². The first-order chi connectivity index (χ1) is 14.0. The van der Waals surface area contributed by atoms with Crippen LogP contribution >= 0.6 is 0 Å². The Labute approximate surface area is 170 Å². The van der Waals surface area contributed by atoms with Crippen LogP contribution in [0.3, 0.4) is 0 Å². The van der Waals surface area contributed by atoms with Crippen molar-refractivity contribution in [3.8, 4) is 11.5 Å². The summed E-state index contributed by atoms with van der Waals surface area (Å²) in [7, 11) is 3.11. The molecule has 0 aliphatic carbocycles. The minimum Gasteiger partial charge on any atom is -0.493 e. The van der Waals surface area contributed by atoms with Gasteiger partial charge in [-0.3, -0.25) is 9.59 Å². The number of amides is 2. The zero-order valence-corrected chi connectivity index (χ0v) is 16.9. The van der Waals surface area contributed by atoms with E-state index in [2.05, 4.69) is 5.32 Å². The van der Waals surface area contributed by atoms with E-state index in [1.54, 1.807) is 26.4 Å². The number of hydrogen-bond acceptors (Lipinski definition) is 6. The lowest BCUT2D eigenvalue weighted by Gasteiger charge is -2.41. The van der Waals surface area contributed by atoms with Gasteiger partial charge in [-0.2, -0.15) is 0 Å². The van der Waals surface area contributed by atoms with Crippen LogP contribution in [0.1, 0.15) is 37.3 Å². The first kappa shape index (κ1) is 20.0. The molecule has 8 nitrogen and oxygen atoms in total. The van der Waals surface area contributed by atoms with E-state index in [4.69, 9.17) is 18.9 Å². The molecule has 0 aromatic heterocycles. The van der Waals surface area contributed by atoms with Crippen molar-refractivity contribution in [2.24, 2.45) is 0 Å². The summed E-state index contributed by atoms with van der Waals surface area (Å²) in [5, 5.41) is 2.91. The van der Waals surface area contributed by atoms with Crippen molar-refractivity contribution in [1.29, 1.82) is 0 Å². The number of carbonyl (C=O) groups excluding carboxylic acids is 2. The second kappa shape index (κ2) is 8.20. The number of hydrogen-bond donors (Lipinski definition) is 1. The molecule has 3 aliphatic rings. The highest BCUT2D eigenvalue weighted by atomic mass is 16.5. The maximum absolute atomic E-state index is 13.3. The van der Waals surface area contributed by atoms with Crippen molar-refractivity contribution in [2.75, 3.05) is 40.5 Å². The first-order valence-corrected chi connectivity index (χ1v) is 10.1. The molecule has 0 saturated carbocycles. The molecule has 1 aromatic rings. The van der Waals surface area contributed by atoms with Crippen LogP contribution in [0.15, 0.2) is 18.2 Å². The number of nitrogens with zero attached hydrogens (tertiary/aromatic N) is 1. The van der Waals surface area contributed by atoms with Gasteiger partial charge >= 0.3 is 0 Å².